The van der Waals surface area contributed by atoms with Gasteiger partial charge in [-0.15, -0.1) is 5.73 Å². The smallest absolute Gasteiger partial charge is 0.155 e. The second-order valence-corrected chi connectivity index (χ2v) is 9.12. The minimum atomic E-state index is -0.234. The van der Waals surface area contributed by atoms with Gasteiger partial charge in [0.05, 0.1) is 6.20 Å². The van der Waals surface area contributed by atoms with E-state index >= 15 is 0 Å². The van der Waals surface area contributed by atoms with Crippen molar-refractivity contribution in [1.29, 1.82) is 0 Å². The largest absolute Gasteiger partial charge is 0.295 e. The summed E-state index contributed by atoms with van der Waals surface area (Å²) in [5.74, 6) is 0.134. The standard InChI is InChI=1S/C30H36FNO.2H2/c1-3-24(19-20-26(33)22-23(2)27-15-9-10-17-29(27)31)12-5-4-6-18-30-28-16-8-7-13-25(28)14-11-21-32-30;;/h8-10,14-17,19-21,23-24H,3-7,12-13,18,22H2,1-2H3;2*1H/b20-19+;;. The van der Waals surface area contributed by atoms with Gasteiger partial charge in [-0.25, -0.2) is 4.39 Å². The van der Waals surface area contributed by atoms with E-state index in [1.807, 2.05) is 13.0 Å². The molecular weight excluding hydrogens is 409 g/mol. The molecule has 2 nitrogen and oxygen atoms in total. The molecule has 0 saturated carbocycles. The van der Waals surface area contributed by atoms with Gasteiger partial charge in [0.15, 0.2) is 5.78 Å². The lowest BCUT2D eigenvalue weighted by molar-refractivity contribution is -0.114. The van der Waals surface area contributed by atoms with Crippen molar-refractivity contribution in [3.63, 3.8) is 0 Å². The number of rotatable bonds is 12. The minimum absolute atomic E-state index is 0. The van der Waals surface area contributed by atoms with Gasteiger partial charge >= 0.3 is 0 Å². The zero-order valence-electron chi connectivity index (χ0n) is 20.0. The third kappa shape index (κ3) is 7.65. The molecule has 178 valence electrons. The van der Waals surface area contributed by atoms with E-state index in [-0.39, 0.29) is 20.4 Å². The molecule has 1 heterocycles. The second kappa shape index (κ2) is 13.1. The van der Waals surface area contributed by atoms with Gasteiger partial charge in [-0.05, 0) is 85.3 Å². The van der Waals surface area contributed by atoms with Crippen LogP contribution in [0.3, 0.4) is 0 Å². The predicted octanol–water partition coefficient (Wildman–Crippen LogP) is 8.68. The van der Waals surface area contributed by atoms with Gasteiger partial charge in [-0.3, -0.25) is 9.79 Å². The SMILES string of the molecule is CCC(/C=C/C(=O)CC(C)c1ccccc1F)CCCCCC1=NC=C=CC2=C1C=CCC2.[HH].[HH]. The van der Waals surface area contributed by atoms with Crippen LogP contribution in [-0.4, -0.2) is 11.5 Å². The number of halogens is 1. The molecule has 0 N–H and O–H groups in total. The number of benzene rings is 1. The highest BCUT2D eigenvalue weighted by Crippen LogP contribution is 2.26. The topological polar surface area (TPSA) is 29.4 Å². The molecule has 1 aliphatic heterocycles. The third-order valence-electron chi connectivity index (χ3n) is 6.58. The molecule has 2 atom stereocenters. The Balaban J connectivity index is 0.00000306. The molecule has 0 saturated heterocycles. The highest BCUT2D eigenvalue weighted by atomic mass is 19.1. The summed E-state index contributed by atoms with van der Waals surface area (Å²) in [6.45, 7) is 4.08. The molecule has 0 radical (unpaired) electrons. The van der Waals surface area contributed by atoms with Crippen LogP contribution < -0.4 is 0 Å². The summed E-state index contributed by atoms with van der Waals surface area (Å²) < 4.78 is 13.9. The maximum Gasteiger partial charge on any atom is 0.155 e. The summed E-state index contributed by atoms with van der Waals surface area (Å²) >= 11 is 0. The van der Waals surface area contributed by atoms with Crippen LogP contribution in [0.4, 0.5) is 4.39 Å². The van der Waals surface area contributed by atoms with E-state index in [2.05, 4.69) is 42.0 Å². The van der Waals surface area contributed by atoms with Crippen molar-refractivity contribution in [2.75, 3.05) is 0 Å². The molecule has 3 heteroatoms. The fourth-order valence-electron chi connectivity index (χ4n) is 4.55. The number of carbonyl (C=O) groups excluding carboxylic acids is 1. The van der Waals surface area contributed by atoms with Crippen LogP contribution in [0.25, 0.3) is 0 Å². The number of unbranched alkanes of at least 4 members (excludes halogenated alkanes) is 2. The molecule has 0 bridgehead atoms. The molecule has 2 unspecified atom stereocenters. The lowest BCUT2D eigenvalue weighted by atomic mass is 9.91. The first kappa shape index (κ1) is 24.9. The van der Waals surface area contributed by atoms with E-state index < -0.39 is 0 Å². The Morgan fingerprint density at radius 3 is 2.94 bits per heavy atom. The van der Waals surface area contributed by atoms with E-state index in [0.717, 1.165) is 51.4 Å². The summed E-state index contributed by atoms with van der Waals surface area (Å²) in [5, 5.41) is 0. The first-order valence-corrected chi connectivity index (χ1v) is 12.4. The fourth-order valence-corrected chi connectivity index (χ4v) is 4.55. The molecular formula is C30H40FNO. The van der Waals surface area contributed by atoms with Crippen LogP contribution in [0.15, 0.2) is 82.7 Å². The van der Waals surface area contributed by atoms with Gasteiger partial charge in [0.25, 0.3) is 0 Å². The average molecular weight is 450 g/mol. The quantitative estimate of drug-likeness (QED) is 0.178. The molecule has 1 aromatic rings. The van der Waals surface area contributed by atoms with Crippen molar-refractivity contribution in [3.8, 4) is 0 Å². The summed E-state index contributed by atoms with van der Waals surface area (Å²) in [4.78, 5) is 17.0. The zero-order chi connectivity index (χ0) is 23.5. The average Bonchev–Trinajstić information content (AvgIpc) is 3.03. The number of hydrogen-bond acceptors (Lipinski definition) is 2. The Morgan fingerprint density at radius 2 is 2.12 bits per heavy atom. The zero-order valence-corrected chi connectivity index (χ0v) is 20.0. The van der Waals surface area contributed by atoms with Crippen LogP contribution in [0.2, 0.25) is 0 Å². The van der Waals surface area contributed by atoms with Crippen molar-refractivity contribution >= 4 is 11.5 Å². The number of ketones is 1. The van der Waals surface area contributed by atoms with Gasteiger partial charge in [-0.1, -0.05) is 63.1 Å². The fraction of sp³-hybridized carbons (Fsp3) is 0.433. The molecule has 33 heavy (non-hydrogen) atoms. The Bertz CT molecular complexity index is 1010. The predicted molar refractivity (Wildman–Crippen MR) is 140 cm³/mol. The molecule has 1 aromatic carbocycles. The highest BCUT2D eigenvalue weighted by Gasteiger charge is 2.15. The molecule has 0 spiro atoms. The highest BCUT2D eigenvalue weighted by molar-refractivity contribution is 6.04. The number of aliphatic imine (C=N–C) groups is 1. The van der Waals surface area contributed by atoms with Gasteiger partial charge < -0.3 is 0 Å². The third-order valence-corrected chi connectivity index (χ3v) is 6.58. The molecule has 0 aromatic heterocycles. The Morgan fingerprint density at radius 1 is 1.27 bits per heavy atom. The van der Waals surface area contributed by atoms with Crippen molar-refractivity contribution in [3.05, 3.63) is 89.1 Å². The first-order valence-electron chi connectivity index (χ1n) is 12.4. The molecule has 0 amide bonds. The van der Waals surface area contributed by atoms with Crippen molar-refractivity contribution in [1.82, 2.24) is 0 Å². The van der Waals surface area contributed by atoms with Crippen LogP contribution in [-0.2, 0) is 4.79 Å². The summed E-state index contributed by atoms with van der Waals surface area (Å²) in [5.41, 5.74) is 7.61. The van der Waals surface area contributed by atoms with E-state index in [9.17, 15) is 9.18 Å². The van der Waals surface area contributed by atoms with Crippen LogP contribution >= 0.6 is 0 Å². The van der Waals surface area contributed by atoms with E-state index in [4.69, 9.17) is 0 Å². The lowest BCUT2D eigenvalue weighted by Crippen LogP contribution is -2.06. The maximum atomic E-state index is 13.9. The number of carbonyl (C=O) groups is 1. The Labute approximate surface area is 201 Å². The second-order valence-electron chi connectivity index (χ2n) is 9.12. The van der Waals surface area contributed by atoms with E-state index in [1.165, 1.54) is 22.9 Å². The van der Waals surface area contributed by atoms with Crippen LogP contribution in [0.1, 0.15) is 86.0 Å². The van der Waals surface area contributed by atoms with Crippen molar-refractivity contribution in [2.24, 2.45) is 10.9 Å². The first-order chi connectivity index (χ1) is 16.1. The van der Waals surface area contributed by atoms with Crippen LogP contribution in [0, 0.1) is 11.7 Å². The monoisotopic (exact) mass is 449 g/mol. The molecule has 2 aliphatic rings. The van der Waals surface area contributed by atoms with Crippen molar-refractivity contribution in [2.45, 2.75) is 77.6 Å². The van der Waals surface area contributed by atoms with E-state index in [1.54, 1.807) is 24.4 Å². The number of nitrogens with zero attached hydrogens (tertiary/aromatic N) is 1. The van der Waals surface area contributed by atoms with E-state index in [0.29, 0.717) is 17.9 Å². The summed E-state index contributed by atoms with van der Waals surface area (Å²) in [7, 11) is 0. The Hall–Kier alpha value is -2.77. The van der Waals surface area contributed by atoms with Gasteiger partial charge in [0.1, 0.15) is 5.82 Å². The number of allylic oxidation sites excluding steroid dienone is 7. The molecule has 0 fully saturated rings. The summed E-state index contributed by atoms with van der Waals surface area (Å²) in [6.07, 6.45) is 21.2. The van der Waals surface area contributed by atoms with Crippen molar-refractivity contribution < 1.29 is 12.0 Å². The number of hydrogen-bond donors (Lipinski definition) is 0. The minimum Gasteiger partial charge on any atom is -0.295 e. The summed E-state index contributed by atoms with van der Waals surface area (Å²) in [6, 6.07) is 6.72. The maximum absolute atomic E-state index is 13.9. The molecule has 1 aliphatic carbocycles. The lowest BCUT2D eigenvalue weighted by Gasteiger charge is -2.14. The van der Waals surface area contributed by atoms with Gasteiger partial charge in [0, 0.05) is 15.0 Å². The van der Waals surface area contributed by atoms with Gasteiger partial charge in [-0.2, -0.15) is 0 Å². The normalized spacial score (nSPS) is 17.1. The van der Waals surface area contributed by atoms with Gasteiger partial charge in [0.2, 0.25) is 0 Å². The molecule has 3 rings (SSSR count). The Kier molecular flexibility index (Phi) is 9.84. The van der Waals surface area contributed by atoms with Crippen LogP contribution in [0.5, 0.6) is 0 Å².